The number of hydrogen-bond acceptors (Lipinski definition) is 4. The first-order valence-corrected chi connectivity index (χ1v) is 7.63. The third kappa shape index (κ3) is 2.43. The number of aromatic nitrogens is 3. The first-order chi connectivity index (χ1) is 10.8. The van der Waals surface area contributed by atoms with Crippen molar-refractivity contribution in [3.63, 3.8) is 0 Å². The molecular weight excluding hydrogens is 281 g/mol. The number of nitrogens with one attached hydrogen (secondary N) is 1. The minimum atomic E-state index is -0.418. The fourth-order valence-electron chi connectivity index (χ4n) is 2.71. The Morgan fingerprint density at radius 3 is 2.73 bits per heavy atom. The summed E-state index contributed by atoms with van der Waals surface area (Å²) in [6, 6.07) is 6.89. The van der Waals surface area contributed by atoms with Crippen LogP contribution in [0, 0.1) is 17.1 Å². The summed E-state index contributed by atoms with van der Waals surface area (Å²) in [6.07, 6.45) is 4.75. The molecule has 1 aromatic carbocycles. The molecule has 0 spiro atoms. The molecule has 2 aromatic rings. The van der Waals surface area contributed by atoms with E-state index in [-0.39, 0.29) is 0 Å². The summed E-state index contributed by atoms with van der Waals surface area (Å²) < 4.78 is 16.1. The van der Waals surface area contributed by atoms with Crippen LogP contribution in [0.3, 0.4) is 0 Å². The van der Waals surface area contributed by atoms with Crippen molar-refractivity contribution < 1.29 is 4.39 Å². The van der Waals surface area contributed by atoms with Crippen molar-refractivity contribution in [1.82, 2.24) is 14.8 Å². The van der Waals surface area contributed by atoms with Gasteiger partial charge in [0, 0.05) is 12.0 Å². The molecule has 0 bridgehead atoms. The van der Waals surface area contributed by atoms with E-state index in [1.165, 1.54) is 31.7 Å². The minimum Gasteiger partial charge on any atom is -0.375 e. The highest BCUT2D eigenvalue weighted by atomic mass is 19.1. The van der Waals surface area contributed by atoms with Crippen molar-refractivity contribution >= 4 is 5.69 Å². The van der Waals surface area contributed by atoms with E-state index < -0.39 is 5.82 Å². The van der Waals surface area contributed by atoms with Crippen LogP contribution in [0.15, 0.2) is 18.2 Å². The summed E-state index contributed by atoms with van der Waals surface area (Å²) in [5, 5.41) is 20.5. The van der Waals surface area contributed by atoms with E-state index in [0.717, 1.165) is 11.6 Å². The Bertz CT molecular complexity index is 752. The van der Waals surface area contributed by atoms with Crippen LogP contribution in [-0.4, -0.2) is 14.8 Å². The Morgan fingerprint density at radius 2 is 2.09 bits per heavy atom. The van der Waals surface area contributed by atoms with Crippen LogP contribution >= 0.6 is 0 Å². The zero-order valence-electron chi connectivity index (χ0n) is 12.1. The molecule has 2 fully saturated rings. The molecule has 6 heteroatoms. The molecule has 1 aromatic heterocycles. The second kappa shape index (κ2) is 5.09. The van der Waals surface area contributed by atoms with Crippen LogP contribution in [-0.2, 0) is 6.54 Å². The molecule has 0 atom stereocenters. The quantitative estimate of drug-likeness (QED) is 0.920. The van der Waals surface area contributed by atoms with Gasteiger partial charge in [-0.25, -0.2) is 4.39 Å². The lowest BCUT2D eigenvalue weighted by atomic mass is 10.2. The first kappa shape index (κ1) is 13.3. The second-order valence-corrected chi connectivity index (χ2v) is 6.01. The molecule has 0 amide bonds. The zero-order valence-corrected chi connectivity index (χ0v) is 12.1. The number of nitriles is 1. The predicted octanol–water partition coefficient (Wildman–Crippen LogP) is 3.11. The van der Waals surface area contributed by atoms with Gasteiger partial charge in [0.2, 0.25) is 0 Å². The lowest BCUT2D eigenvalue weighted by Gasteiger charge is -2.10. The standard InChI is InChI=1S/C16H16FN5/c17-13-7-10(8-18)1-6-14(13)19-9-15-20-21-16(11-2-3-11)22(15)12-4-5-12/h1,6-7,11-12,19H,2-5,9H2. The molecule has 2 aliphatic carbocycles. The van der Waals surface area contributed by atoms with E-state index in [1.54, 1.807) is 12.1 Å². The molecule has 5 nitrogen and oxygen atoms in total. The van der Waals surface area contributed by atoms with Crippen molar-refractivity contribution in [2.45, 2.75) is 44.2 Å². The van der Waals surface area contributed by atoms with Crippen molar-refractivity contribution in [3.05, 3.63) is 41.2 Å². The predicted molar refractivity (Wildman–Crippen MR) is 78.7 cm³/mol. The summed E-state index contributed by atoms with van der Waals surface area (Å²) in [5.74, 6) is 2.11. The van der Waals surface area contributed by atoms with Gasteiger partial charge in [0.15, 0.2) is 5.82 Å². The number of rotatable bonds is 5. The molecule has 4 rings (SSSR count). The molecule has 1 heterocycles. The van der Waals surface area contributed by atoms with Crippen molar-refractivity contribution in [2.75, 3.05) is 5.32 Å². The van der Waals surface area contributed by atoms with E-state index in [0.29, 0.717) is 29.8 Å². The molecular formula is C16H16FN5. The first-order valence-electron chi connectivity index (χ1n) is 7.63. The van der Waals surface area contributed by atoms with Gasteiger partial charge in [-0.15, -0.1) is 10.2 Å². The monoisotopic (exact) mass is 297 g/mol. The topological polar surface area (TPSA) is 66.5 Å². The Kier molecular flexibility index (Phi) is 3.07. The molecule has 0 saturated heterocycles. The summed E-state index contributed by atoms with van der Waals surface area (Å²) in [6.45, 7) is 0.443. The van der Waals surface area contributed by atoms with Gasteiger partial charge in [-0.2, -0.15) is 5.26 Å². The van der Waals surface area contributed by atoms with Crippen LogP contribution in [0.4, 0.5) is 10.1 Å². The lowest BCUT2D eigenvalue weighted by molar-refractivity contribution is 0.625. The van der Waals surface area contributed by atoms with Crippen molar-refractivity contribution in [3.8, 4) is 6.07 Å². The number of hydrogen-bond donors (Lipinski definition) is 1. The average Bonchev–Trinajstić information content (AvgIpc) is 3.44. The number of halogens is 1. The van der Waals surface area contributed by atoms with Crippen LogP contribution in [0.2, 0.25) is 0 Å². The molecule has 0 unspecified atom stereocenters. The van der Waals surface area contributed by atoms with Gasteiger partial charge >= 0.3 is 0 Å². The van der Waals surface area contributed by atoms with E-state index in [1.807, 2.05) is 6.07 Å². The highest BCUT2D eigenvalue weighted by molar-refractivity contribution is 5.48. The largest absolute Gasteiger partial charge is 0.375 e. The van der Waals surface area contributed by atoms with Crippen LogP contribution in [0.5, 0.6) is 0 Å². The van der Waals surface area contributed by atoms with Gasteiger partial charge in [-0.3, -0.25) is 0 Å². The normalized spacial score (nSPS) is 17.3. The maximum Gasteiger partial charge on any atom is 0.152 e. The molecule has 2 saturated carbocycles. The lowest BCUT2D eigenvalue weighted by Crippen LogP contribution is -2.10. The third-order valence-electron chi connectivity index (χ3n) is 4.18. The fourth-order valence-corrected chi connectivity index (χ4v) is 2.71. The number of nitrogens with zero attached hydrogens (tertiary/aromatic N) is 4. The molecule has 2 aliphatic rings. The SMILES string of the molecule is N#Cc1ccc(NCc2nnc(C3CC3)n2C2CC2)c(F)c1. The second-order valence-electron chi connectivity index (χ2n) is 6.01. The maximum absolute atomic E-state index is 13.9. The Labute approximate surface area is 127 Å². The van der Waals surface area contributed by atoms with Crippen LogP contribution < -0.4 is 5.32 Å². The minimum absolute atomic E-state index is 0.320. The van der Waals surface area contributed by atoms with Crippen molar-refractivity contribution in [2.24, 2.45) is 0 Å². The van der Waals surface area contributed by atoms with E-state index in [2.05, 4.69) is 20.1 Å². The van der Waals surface area contributed by atoms with Crippen LogP contribution in [0.1, 0.15) is 54.9 Å². The van der Waals surface area contributed by atoms with Gasteiger partial charge in [0.25, 0.3) is 0 Å². The van der Waals surface area contributed by atoms with Gasteiger partial charge < -0.3 is 9.88 Å². The molecule has 0 aliphatic heterocycles. The summed E-state index contributed by atoms with van der Waals surface area (Å²) in [5.41, 5.74) is 0.706. The van der Waals surface area contributed by atoms with Gasteiger partial charge in [0.05, 0.1) is 23.9 Å². The maximum atomic E-state index is 13.9. The van der Waals surface area contributed by atoms with Crippen LogP contribution in [0.25, 0.3) is 0 Å². The van der Waals surface area contributed by atoms with Gasteiger partial charge in [-0.05, 0) is 43.9 Å². The summed E-state index contributed by atoms with van der Waals surface area (Å²) >= 11 is 0. The Morgan fingerprint density at radius 1 is 1.27 bits per heavy atom. The molecule has 1 N–H and O–H groups in total. The van der Waals surface area contributed by atoms with E-state index in [9.17, 15) is 4.39 Å². The Hall–Kier alpha value is -2.42. The zero-order chi connectivity index (χ0) is 15.1. The van der Waals surface area contributed by atoms with E-state index >= 15 is 0 Å². The number of anilines is 1. The highest BCUT2D eigenvalue weighted by Crippen LogP contribution is 2.44. The summed E-state index contributed by atoms with van der Waals surface area (Å²) in [7, 11) is 0. The van der Waals surface area contributed by atoms with Crippen molar-refractivity contribution in [1.29, 1.82) is 5.26 Å². The molecule has 0 radical (unpaired) electrons. The number of benzene rings is 1. The van der Waals surface area contributed by atoms with E-state index in [4.69, 9.17) is 5.26 Å². The fraction of sp³-hybridized carbons (Fsp3) is 0.438. The average molecular weight is 297 g/mol. The third-order valence-corrected chi connectivity index (χ3v) is 4.18. The van der Waals surface area contributed by atoms with Gasteiger partial charge in [-0.1, -0.05) is 0 Å². The highest BCUT2D eigenvalue weighted by Gasteiger charge is 2.36. The molecule has 112 valence electrons. The smallest absolute Gasteiger partial charge is 0.152 e. The van der Waals surface area contributed by atoms with Gasteiger partial charge in [0.1, 0.15) is 11.6 Å². The Balaban J connectivity index is 1.53. The molecule has 22 heavy (non-hydrogen) atoms. The summed E-state index contributed by atoms with van der Waals surface area (Å²) in [4.78, 5) is 0.